The molecule has 0 radical (unpaired) electrons. The Balaban J connectivity index is 2.32. The van der Waals surface area contributed by atoms with Crippen molar-refractivity contribution in [3.63, 3.8) is 0 Å². The van der Waals surface area contributed by atoms with E-state index in [4.69, 9.17) is 5.73 Å². The van der Waals surface area contributed by atoms with Gasteiger partial charge in [0.05, 0.1) is 5.56 Å². The molecule has 0 aliphatic carbocycles. The fourth-order valence-corrected chi connectivity index (χ4v) is 2.70. The second kappa shape index (κ2) is 4.53. The number of hydrogen-bond acceptors (Lipinski definition) is 5. The number of nitrogen functional groups attached to an aromatic ring is 1. The number of thiazole rings is 1. The summed E-state index contributed by atoms with van der Waals surface area (Å²) in [4.78, 5) is 7.78. The molecule has 0 fully saturated rings. The lowest BCUT2D eigenvalue weighted by Crippen LogP contribution is -2.07. The Morgan fingerprint density at radius 2 is 2.06 bits per heavy atom. The molecule has 0 unspecified atom stereocenters. The number of nitrogens with zero attached hydrogens (tertiary/aromatic N) is 2. The lowest BCUT2D eigenvalue weighted by molar-refractivity contribution is -0.137. The van der Waals surface area contributed by atoms with Crippen molar-refractivity contribution in [2.45, 2.75) is 15.5 Å². The summed E-state index contributed by atoms with van der Waals surface area (Å²) in [5.74, 6) is -0.154. The van der Waals surface area contributed by atoms with Crippen molar-refractivity contribution >= 4 is 28.9 Å². The maximum atomic E-state index is 12.5. The SMILES string of the molecule is Nc1cc(C(F)(F)F)cc(Sc2nccs2)n1. The van der Waals surface area contributed by atoms with Crippen LogP contribution in [0.15, 0.2) is 33.1 Å². The first-order valence-electron chi connectivity index (χ1n) is 4.37. The van der Waals surface area contributed by atoms with E-state index in [0.717, 1.165) is 23.9 Å². The molecule has 2 N–H and O–H groups in total. The van der Waals surface area contributed by atoms with Gasteiger partial charge in [-0.2, -0.15) is 13.2 Å². The van der Waals surface area contributed by atoms with Gasteiger partial charge < -0.3 is 5.73 Å². The van der Waals surface area contributed by atoms with E-state index in [9.17, 15) is 13.2 Å². The van der Waals surface area contributed by atoms with Gasteiger partial charge in [-0.3, -0.25) is 0 Å². The Morgan fingerprint density at radius 1 is 1.29 bits per heavy atom. The quantitative estimate of drug-likeness (QED) is 0.915. The molecule has 0 aliphatic heterocycles. The highest BCUT2D eigenvalue weighted by atomic mass is 32.2. The lowest BCUT2D eigenvalue weighted by Gasteiger charge is -2.08. The molecular formula is C9H6F3N3S2. The van der Waals surface area contributed by atoms with E-state index in [1.54, 1.807) is 11.6 Å². The van der Waals surface area contributed by atoms with Crippen molar-refractivity contribution in [2.75, 3.05) is 5.73 Å². The fourth-order valence-electron chi connectivity index (χ4n) is 1.09. The number of alkyl halides is 3. The molecule has 0 bridgehead atoms. The Hall–Kier alpha value is -1.28. The summed E-state index contributed by atoms with van der Waals surface area (Å²) >= 11 is 2.38. The molecule has 2 heterocycles. The van der Waals surface area contributed by atoms with E-state index >= 15 is 0 Å². The predicted octanol–water partition coefficient (Wildman–Crippen LogP) is 3.29. The molecule has 3 nitrogen and oxygen atoms in total. The maximum absolute atomic E-state index is 12.5. The summed E-state index contributed by atoms with van der Waals surface area (Å²) in [6.45, 7) is 0. The third-order valence-corrected chi connectivity index (χ3v) is 3.55. The third-order valence-electron chi connectivity index (χ3n) is 1.75. The van der Waals surface area contributed by atoms with Crippen LogP contribution in [0.4, 0.5) is 19.0 Å². The van der Waals surface area contributed by atoms with Crippen LogP contribution < -0.4 is 5.73 Å². The molecule has 2 aromatic heterocycles. The fraction of sp³-hybridized carbons (Fsp3) is 0.111. The molecule has 17 heavy (non-hydrogen) atoms. The second-order valence-corrected chi connectivity index (χ2v) is 5.18. The highest BCUT2D eigenvalue weighted by Crippen LogP contribution is 2.34. The zero-order valence-electron chi connectivity index (χ0n) is 8.23. The number of pyridine rings is 1. The minimum atomic E-state index is -4.42. The van der Waals surface area contributed by atoms with E-state index in [1.807, 2.05) is 0 Å². The number of aromatic nitrogens is 2. The Bertz CT molecular complexity index is 511. The molecule has 0 aliphatic rings. The van der Waals surface area contributed by atoms with E-state index in [-0.39, 0.29) is 10.8 Å². The van der Waals surface area contributed by atoms with Crippen LogP contribution >= 0.6 is 23.1 Å². The zero-order valence-corrected chi connectivity index (χ0v) is 9.86. The van der Waals surface area contributed by atoms with Crippen LogP contribution in [0.3, 0.4) is 0 Å². The third kappa shape index (κ3) is 3.10. The van der Waals surface area contributed by atoms with Crippen molar-refractivity contribution < 1.29 is 13.2 Å². The first-order chi connectivity index (χ1) is 7.95. The van der Waals surface area contributed by atoms with Crippen LogP contribution in [0.5, 0.6) is 0 Å². The topological polar surface area (TPSA) is 51.8 Å². The summed E-state index contributed by atoms with van der Waals surface area (Å²) in [6, 6.07) is 1.77. The Labute approximate surface area is 103 Å². The molecule has 2 aromatic rings. The monoisotopic (exact) mass is 277 g/mol. The first-order valence-corrected chi connectivity index (χ1v) is 6.07. The number of halogens is 3. The minimum absolute atomic E-state index is 0.154. The Morgan fingerprint density at radius 3 is 2.65 bits per heavy atom. The Kier molecular flexibility index (Phi) is 3.25. The van der Waals surface area contributed by atoms with Gasteiger partial charge >= 0.3 is 6.18 Å². The summed E-state index contributed by atoms with van der Waals surface area (Å²) in [6.07, 6.45) is -2.85. The van der Waals surface area contributed by atoms with E-state index in [2.05, 4.69) is 9.97 Å². The van der Waals surface area contributed by atoms with Gasteiger partial charge in [0, 0.05) is 11.6 Å². The smallest absolute Gasteiger partial charge is 0.384 e. The van der Waals surface area contributed by atoms with Gasteiger partial charge in [0.1, 0.15) is 10.8 Å². The highest BCUT2D eigenvalue weighted by molar-refractivity contribution is 8.01. The second-order valence-electron chi connectivity index (χ2n) is 3.02. The van der Waals surface area contributed by atoms with Crippen LogP contribution in [-0.2, 0) is 6.18 Å². The average molecular weight is 277 g/mol. The van der Waals surface area contributed by atoms with Gasteiger partial charge in [-0.15, -0.1) is 11.3 Å². The van der Waals surface area contributed by atoms with Gasteiger partial charge in [0.2, 0.25) is 0 Å². The molecule has 2 rings (SSSR count). The number of nitrogens with two attached hydrogens (primary N) is 1. The van der Waals surface area contributed by atoms with Crippen LogP contribution in [0, 0.1) is 0 Å². The van der Waals surface area contributed by atoms with Crippen molar-refractivity contribution in [2.24, 2.45) is 0 Å². The molecule has 90 valence electrons. The van der Waals surface area contributed by atoms with Crippen LogP contribution in [0.2, 0.25) is 0 Å². The molecule has 0 atom stereocenters. The van der Waals surface area contributed by atoms with E-state index in [1.165, 1.54) is 11.3 Å². The van der Waals surface area contributed by atoms with Gasteiger partial charge in [-0.05, 0) is 23.9 Å². The van der Waals surface area contributed by atoms with Gasteiger partial charge in [-0.1, -0.05) is 0 Å². The van der Waals surface area contributed by atoms with Gasteiger partial charge in [0.25, 0.3) is 0 Å². The van der Waals surface area contributed by atoms with Crippen molar-refractivity contribution in [3.8, 4) is 0 Å². The maximum Gasteiger partial charge on any atom is 0.416 e. The van der Waals surface area contributed by atoms with E-state index < -0.39 is 11.7 Å². The standard InChI is InChI=1S/C9H6F3N3S2/c10-9(11,12)5-3-6(13)15-7(4-5)17-8-14-1-2-16-8/h1-4H,(H2,13,15). The first kappa shape index (κ1) is 12.2. The summed E-state index contributed by atoms with van der Waals surface area (Å²) in [5, 5.41) is 1.92. The minimum Gasteiger partial charge on any atom is -0.384 e. The zero-order chi connectivity index (χ0) is 12.5. The molecule has 0 saturated heterocycles. The lowest BCUT2D eigenvalue weighted by atomic mass is 10.2. The van der Waals surface area contributed by atoms with Crippen LogP contribution in [-0.4, -0.2) is 9.97 Å². The molecule has 0 aromatic carbocycles. The number of rotatable bonds is 2. The summed E-state index contributed by atoms with van der Waals surface area (Å²) in [7, 11) is 0. The average Bonchev–Trinajstić information content (AvgIpc) is 2.68. The predicted molar refractivity (Wildman–Crippen MR) is 59.9 cm³/mol. The van der Waals surface area contributed by atoms with Crippen LogP contribution in [0.1, 0.15) is 5.56 Å². The van der Waals surface area contributed by atoms with Crippen molar-refractivity contribution in [1.29, 1.82) is 0 Å². The molecule has 0 amide bonds. The largest absolute Gasteiger partial charge is 0.416 e. The summed E-state index contributed by atoms with van der Waals surface area (Å²) < 4.78 is 38.2. The van der Waals surface area contributed by atoms with Crippen LogP contribution in [0.25, 0.3) is 0 Å². The number of anilines is 1. The molecule has 0 spiro atoms. The summed E-state index contributed by atoms with van der Waals surface area (Å²) in [5.41, 5.74) is 4.54. The van der Waals surface area contributed by atoms with Crippen molar-refractivity contribution in [3.05, 3.63) is 29.3 Å². The molecule has 8 heteroatoms. The number of hydrogen-bond donors (Lipinski definition) is 1. The normalized spacial score (nSPS) is 11.7. The van der Waals surface area contributed by atoms with E-state index in [0.29, 0.717) is 4.34 Å². The van der Waals surface area contributed by atoms with Gasteiger partial charge in [-0.25, -0.2) is 9.97 Å². The highest BCUT2D eigenvalue weighted by Gasteiger charge is 2.31. The molecule has 0 saturated carbocycles. The van der Waals surface area contributed by atoms with Gasteiger partial charge in [0.15, 0.2) is 4.34 Å². The molecular weight excluding hydrogens is 271 g/mol. The van der Waals surface area contributed by atoms with Crippen molar-refractivity contribution in [1.82, 2.24) is 9.97 Å².